The largest absolute Gasteiger partial charge is 0.327 e. The van der Waals surface area contributed by atoms with E-state index >= 15 is 0 Å². The first-order valence-electron chi connectivity index (χ1n) is 8.11. The molecule has 0 atom stereocenters. The van der Waals surface area contributed by atoms with Crippen LogP contribution in [0.15, 0.2) is 0 Å². The van der Waals surface area contributed by atoms with Gasteiger partial charge in [-0.3, -0.25) is 0 Å². The van der Waals surface area contributed by atoms with Gasteiger partial charge in [0, 0.05) is 6.04 Å². The summed E-state index contributed by atoms with van der Waals surface area (Å²) in [6.07, 6.45) is 15.1. The smallest absolute Gasteiger partial charge is 0.114 e. The number of alkyl halides is 1. The molecule has 0 unspecified atom stereocenters. The molecule has 1 fully saturated rings. The Balaban J connectivity index is 1.76. The third-order valence-electron chi connectivity index (χ3n) is 4.23. The summed E-state index contributed by atoms with van der Waals surface area (Å²) in [4.78, 5) is 0. The lowest BCUT2D eigenvalue weighted by atomic mass is 9.75. The molecule has 0 heterocycles. The van der Waals surface area contributed by atoms with Crippen molar-refractivity contribution in [2.75, 3.05) is 0 Å². The van der Waals surface area contributed by atoms with Crippen LogP contribution in [0.5, 0.6) is 0 Å². The van der Waals surface area contributed by atoms with E-state index in [0.717, 1.165) is 12.8 Å². The van der Waals surface area contributed by atoms with E-state index in [9.17, 15) is 4.39 Å². The minimum Gasteiger partial charge on any atom is -0.327 e. The van der Waals surface area contributed by atoms with Crippen molar-refractivity contribution in [1.29, 1.82) is 0 Å². The summed E-state index contributed by atoms with van der Waals surface area (Å²) in [5, 5.41) is 0. The van der Waals surface area contributed by atoms with Gasteiger partial charge in [0.05, 0.1) is 0 Å². The van der Waals surface area contributed by atoms with Crippen LogP contribution in [-0.2, 0) is 0 Å². The van der Waals surface area contributed by atoms with E-state index in [-0.39, 0.29) is 6.04 Å². The Bertz CT molecular complexity index is 199. The zero-order valence-electron chi connectivity index (χ0n) is 12.2. The molecule has 0 spiro atoms. The van der Waals surface area contributed by atoms with Crippen LogP contribution in [-0.4, -0.2) is 11.7 Å². The summed E-state index contributed by atoms with van der Waals surface area (Å²) in [6.45, 7) is 2.26. The van der Waals surface area contributed by atoms with Crippen molar-refractivity contribution in [2.45, 2.75) is 102 Å². The number of hydrogen-bond acceptors (Lipinski definition) is 1. The summed E-state index contributed by atoms with van der Waals surface area (Å²) in [6, 6.07) is 0.137. The molecule has 1 aliphatic rings. The molecule has 1 rings (SSSR count). The quantitative estimate of drug-likeness (QED) is 0.510. The number of hydrogen-bond donors (Lipinski definition) is 1. The molecule has 1 nitrogen and oxygen atoms in total. The maximum absolute atomic E-state index is 13.8. The Hall–Kier alpha value is -0.110. The molecule has 2 N–H and O–H groups in total. The third kappa shape index (κ3) is 6.72. The summed E-state index contributed by atoms with van der Waals surface area (Å²) < 4.78 is 13.8. The molecule has 0 aromatic rings. The number of nitrogens with two attached hydrogens (primary N) is 1. The monoisotopic (exact) mass is 257 g/mol. The van der Waals surface area contributed by atoms with Gasteiger partial charge >= 0.3 is 0 Å². The van der Waals surface area contributed by atoms with Crippen LogP contribution >= 0.6 is 0 Å². The number of halogens is 1. The van der Waals surface area contributed by atoms with Gasteiger partial charge in [-0.25, -0.2) is 4.39 Å². The summed E-state index contributed by atoms with van der Waals surface area (Å²) in [7, 11) is 0. The van der Waals surface area contributed by atoms with Crippen molar-refractivity contribution in [3.05, 3.63) is 0 Å². The fourth-order valence-corrected chi connectivity index (χ4v) is 3.01. The second kappa shape index (κ2) is 8.90. The molecule has 1 aliphatic carbocycles. The predicted molar refractivity (Wildman–Crippen MR) is 77.5 cm³/mol. The van der Waals surface area contributed by atoms with Crippen molar-refractivity contribution in [3.63, 3.8) is 0 Å². The second-order valence-electron chi connectivity index (χ2n) is 6.25. The van der Waals surface area contributed by atoms with Crippen LogP contribution in [0.3, 0.4) is 0 Å². The lowest BCUT2D eigenvalue weighted by molar-refractivity contribution is 0.0324. The van der Waals surface area contributed by atoms with Crippen LogP contribution in [0.25, 0.3) is 0 Å². The Labute approximate surface area is 113 Å². The molecule has 2 heteroatoms. The Morgan fingerprint density at radius 3 is 1.78 bits per heavy atom. The summed E-state index contributed by atoms with van der Waals surface area (Å²) in [5.74, 6) is 0. The van der Waals surface area contributed by atoms with E-state index in [1.165, 1.54) is 57.8 Å². The number of rotatable bonds is 11. The Morgan fingerprint density at radius 1 is 0.889 bits per heavy atom. The first-order valence-corrected chi connectivity index (χ1v) is 8.11. The van der Waals surface area contributed by atoms with Crippen LogP contribution in [0.1, 0.15) is 90.4 Å². The lowest BCUT2D eigenvalue weighted by Crippen LogP contribution is -2.48. The van der Waals surface area contributed by atoms with Crippen molar-refractivity contribution < 1.29 is 4.39 Å². The normalized spacial score (nSPS) is 27.2. The highest BCUT2D eigenvalue weighted by Crippen LogP contribution is 2.39. The zero-order chi connectivity index (χ0) is 13.3. The van der Waals surface area contributed by atoms with E-state index < -0.39 is 5.67 Å². The van der Waals surface area contributed by atoms with Crippen LogP contribution in [0.4, 0.5) is 4.39 Å². The van der Waals surface area contributed by atoms with Crippen molar-refractivity contribution in [3.8, 4) is 0 Å². The number of unbranched alkanes of at least 4 members (excludes halogenated alkanes) is 9. The van der Waals surface area contributed by atoms with Gasteiger partial charge in [-0.15, -0.1) is 0 Å². The fraction of sp³-hybridized carbons (Fsp3) is 1.00. The van der Waals surface area contributed by atoms with Crippen molar-refractivity contribution >= 4 is 0 Å². The van der Waals surface area contributed by atoms with Gasteiger partial charge in [-0.1, -0.05) is 71.1 Å². The first-order chi connectivity index (χ1) is 8.66. The summed E-state index contributed by atoms with van der Waals surface area (Å²) >= 11 is 0. The average molecular weight is 257 g/mol. The van der Waals surface area contributed by atoms with Gasteiger partial charge in [0.25, 0.3) is 0 Å². The molecule has 0 aromatic heterocycles. The SMILES string of the molecule is CCCCCCCCCCCCC1(F)CC(N)C1. The minimum absolute atomic E-state index is 0.137. The standard InChI is InChI=1S/C16H32FN/c1-2-3-4-5-6-7-8-9-10-11-12-16(17)13-15(18)14-16/h15H,2-14,18H2,1H3. The van der Waals surface area contributed by atoms with E-state index in [2.05, 4.69) is 6.92 Å². The second-order valence-corrected chi connectivity index (χ2v) is 6.25. The predicted octanol–water partition coefficient (Wildman–Crippen LogP) is 5.13. The van der Waals surface area contributed by atoms with E-state index in [0.29, 0.717) is 12.8 Å². The third-order valence-corrected chi connectivity index (χ3v) is 4.23. The van der Waals surface area contributed by atoms with E-state index in [1.807, 2.05) is 0 Å². The average Bonchev–Trinajstić information content (AvgIpc) is 2.30. The molecule has 0 aliphatic heterocycles. The topological polar surface area (TPSA) is 26.0 Å². The Morgan fingerprint density at radius 2 is 1.33 bits per heavy atom. The lowest BCUT2D eigenvalue weighted by Gasteiger charge is -2.39. The van der Waals surface area contributed by atoms with Gasteiger partial charge in [-0.2, -0.15) is 0 Å². The maximum atomic E-state index is 13.8. The fourth-order valence-electron chi connectivity index (χ4n) is 3.01. The zero-order valence-corrected chi connectivity index (χ0v) is 12.2. The molecular formula is C16H32FN. The molecule has 18 heavy (non-hydrogen) atoms. The van der Waals surface area contributed by atoms with Crippen molar-refractivity contribution in [2.24, 2.45) is 5.73 Å². The molecule has 0 amide bonds. The highest BCUT2D eigenvalue weighted by Gasteiger charge is 2.41. The molecule has 0 aromatic carbocycles. The molecule has 0 bridgehead atoms. The molecule has 1 saturated carbocycles. The maximum Gasteiger partial charge on any atom is 0.114 e. The molecule has 0 saturated heterocycles. The molecule has 0 radical (unpaired) electrons. The molecular weight excluding hydrogens is 225 g/mol. The Kier molecular flexibility index (Phi) is 7.88. The van der Waals surface area contributed by atoms with Gasteiger partial charge in [0.1, 0.15) is 5.67 Å². The first kappa shape index (κ1) is 15.9. The van der Waals surface area contributed by atoms with Gasteiger partial charge < -0.3 is 5.73 Å². The highest BCUT2D eigenvalue weighted by atomic mass is 19.1. The van der Waals surface area contributed by atoms with Gasteiger partial charge in [-0.05, 0) is 19.3 Å². The minimum atomic E-state index is -0.889. The van der Waals surface area contributed by atoms with E-state index in [1.54, 1.807) is 0 Å². The van der Waals surface area contributed by atoms with Gasteiger partial charge in [0.2, 0.25) is 0 Å². The van der Waals surface area contributed by atoms with Gasteiger partial charge in [0.15, 0.2) is 0 Å². The van der Waals surface area contributed by atoms with Crippen LogP contribution in [0.2, 0.25) is 0 Å². The highest BCUT2D eigenvalue weighted by molar-refractivity contribution is 4.96. The van der Waals surface area contributed by atoms with Crippen molar-refractivity contribution in [1.82, 2.24) is 0 Å². The van der Waals surface area contributed by atoms with Crippen LogP contribution < -0.4 is 5.73 Å². The summed E-state index contributed by atoms with van der Waals surface area (Å²) in [5.41, 5.74) is 4.74. The van der Waals surface area contributed by atoms with Crippen LogP contribution in [0, 0.1) is 0 Å². The van der Waals surface area contributed by atoms with E-state index in [4.69, 9.17) is 5.73 Å². The molecule has 108 valence electrons.